The van der Waals surface area contributed by atoms with Crippen LogP contribution in [0.2, 0.25) is 0 Å². The molecule has 7 nitrogen and oxygen atoms in total. The molecule has 1 heterocycles. The average molecular weight is 356 g/mol. The van der Waals surface area contributed by atoms with Crippen molar-refractivity contribution in [1.82, 2.24) is 0 Å². The van der Waals surface area contributed by atoms with E-state index >= 15 is 0 Å². The van der Waals surface area contributed by atoms with Crippen LogP contribution in [0.15, 0.2) is 12.1 Å². The van der Waals surface area contributed by atoms with Crippen LogP contribution in [0, 0.1) is 0 Å². The number of ketones is 1. The van der Waals surface area contributed by atoms with Gasteiger partial charge in [-0.25, -0.2) is 14.4 Å². The minimum absolute atomic E-state index is 0.0306. The lowest BCUT2D eigenvalue weighted by Gasteiger charge is -2.25. The normalized spacial score (nSPS) is 10.8. The molecule has 0 amide bonds. The first-order chi connectivity index (χ1) is 11.4. The van der Waals surface area contributed by atoms with E-state index in [0.717, 1.165) is 11.3 Å². The highest BCUT2D eigenvalue weighted by molar-refractivity contribution is 7.14. The fourth-order valence-corrected chi connectivity index (χ4v) is 3.05. The predicted molar refractivity (Wildman–Crippen MR) is 85.9 cm³/mol. The molecule has 0 aromatic carbocycles. The van der Waals surface area contributed by atoms with Crippen molar-refractivity contribution in [2.24, 2.45) is 0 Å². The summed E-state index contributed by atoms with van der Waals surface area (Å²) >= 11 is 0.858. The van der Waals surface area contributed by atoms with Gasteiger partial charge in [-0.3, -0.25) is 4.79 Å². The first-order valence-electron chi connectivity index (χ1n) is 7.49. The summed E-state index contributed by atoms with van der Waals surface area (Å²) in [6.07, 6.45) is 0. The molecule has 0 N–H and O–H groups in total. The van der Waals surface area contributed by atoms with Crippen LogP contribution in [0.25, 0.3) is 0 Å². The second kappa shape index (κ2) is 8.58. The van der Waals surface area contributed by atoms with Gasteiger partial charge in [0, 0.05) is 4.88 Å². The van der Waals surface area contributed by atoms with E-state index in [1.54, 1.807) is 20.8 Å². The summed E-state index contributed by atoms with van der Waals surface area (Å²) < 4.78 is 14.8. The quantitative estimate of drug-likeness (QED) is 0.304. The average Bonchev–Trinajstić information content (AvgIpc) is 2.99. The Bertz CT molecular complexity index is 587. The van der Waals surface area contributed by atoms with Gasteiger partial charge < -0.3 is 14.2 Å². The predicted octanol–water partition coefficient (Wildman–Crippen LogP) is 1.88. The maximum Gasteiger partial charge on any atom is 0.340 e. The zero-order valence-corrected chi connectivity index (χ0v) is 14.9. The largest absolute Gasteiger partial charge is 0.464 e. The van der Waals surface area contributed by atoms with Gasteiger partial charge in [0.05, 0.1) is 24.7 Å². The summed E-state index contributed by atoms with van der Waals surface area (Å²) in [6, 6.07) is 2.81. The summed E-state index contributed by atoms with van der Waals surface area (Å²) in [5, 5.41) is 0. The van der Waals surface area contributed by atoms with Gasteiger partial charge in [-0.05, 0) is 39.8 Å². The second-order valence-electron chi connectivity index (χ2n) is 4.63. The number of thiophene rings is 1. The van der Waals surface area contributed by atoms with Crippen molar-refractivity contribution in [2.45, 2.75) is 33.1 Å². The molecular formula is C16H20O7S. The van der Waals surface area contributed by atoms with E-state index in [2.05, 4.69) is 0 Å². The molecule has 0 aliphatic carbocycles. The molecule has 1 aromatic heterocycles. The highest BCUT2D eigenvalue weighted by atomic mass is 32.1. The molecule has 0 aliphatic rings. The Kier molecular flexibility index (Phi) is 7.09. The molecule has 0 fully saturated rings. The van der Waals surface area contributed by atoms with Crippen LogP contribution < -0.4 is 0 Å². The Balaban J connectivity index is 3.59. The van der Waals surface area contributed by atoms with E-state index in [1.165, 1.54) is 19.1 Å². The standard InChI is InChI=1S/C16H20O7S/c1-5-21-13(18)16(14(19)22-6-2,15(20)23-7-3)12-9-8-11(24-12)10(4)17/h8-9H,5-7H2,1-4H3. The number of carbonyl (C=O) groups excluding carboxylic acids is 4. The SMILES string of the molecule is CCOC(=O)C(C(=O)OCC)(C(=O)OCC)c1ccc(C(C)=O)s1. The van der Waals surface area contributed by atoms with Crippen molar-refractivity contribution in [3.8, 4) is 0 Å². The zero-order chi connectivity index (χ0) is 18.3. The molecule has 0 bridgehead atoms. The van der Waals surface area contributed by atoms with E-state index < -0.39 is 23.3 Å². The van der Waals surface area contributed by atoms with Crippen LogP contribution in [-0.4, -0.2) is 43.5 Å². The van der Waals surface area contributed by atoms with Crippen molar-refractivity contribution < 1.29 is 33.4 Å². The van der Waals surface area contributed by atoms with Gasteiger partial charge in [-0.15, -0.1) is 11.3 Å². The van der Waals surface area contributed by atoms with E-state index in [4.69, 9.17) is 14.2 Å². The molecule has 132 valence electrons. The van der Waals surface area contributed by atoms with Crippen LogP contribution in [-0.2, 0) is 34.0 Å². The van der Waals surface area contributed by atoms with Crippen LogP contribution in [0.4, 0.5) is 0 Å². The lowest BCUT2D eigenvalue weighted by molar-refractivity contribution is -0.175. The highest BCUT2D eigenvalue weighted by Crippen LogP contribution is 2.35. The number of rotatable bonds is 8. The van der Waals surface area contributed by atoms with E-state index in [0.29, 0.717) is 4.88 Å². The second-order valence-corrected chi connectivity index (χ2v) is 5.72. The third kappa shape index (κ3) is 3.64. The number of ether oxygens (including phenoxy) is 3. The summed E-state index contributed by atoms with van der Waals surface area (Å²) in [4.78, 5) is 49.6. The molecule has 24 heavy (non-hydrogen) atoms. The molecule has 1 aromatic rings. The van der Waals surface area contributed by atoms with Crippen molar-refractivity contribution in [3.05, 3.63) is 21.9 Å². The Morgan fingerprint density at radius 1 is 0.875 bits per heavy atom. The Morgan fingerprint density at radius 2 is 1.29 bits per heavy atom. The lowest BCUT2D eigenvalue weighted by atomic mass is 9.86. The number of hydrogen-bond acceptors (Lipinski definition) is 8. The van der Waals surface area contributed by atoms with Gasteiger partial charge in [0.15, 0.2) is 5.78 Å². The van der Waals surface area contributed by atoms with Crippen molar-refractivity contribution >= 4 is 35.0 Å². The summed E-state index contributed by atoms with van der Waals surface area (Å²) in [6.45, 7) is 5.88. The van der Waals surface area contributed by atoms with Crippen LogP contribution in [0.3, 0.4) is 0 Å². The molecule has 0 spiro atoms. The van der Waals surface area contributed by atoms with E-state index in [1.807, 2.05) is 0 Å². The maximum absolute atomic E-state index is 12.6. The fraction of sp³-hybridized carbons (Fsp3) is 0.500. The van der Waals surface area contributed by atoms with Crippen molar-refractivity contribution in [3.63, 3.8) is 0 Å². The third-order valence-electron chi connectivity index (χ3n) is 3.07. The minimum atomic E-state index is -2.39. The first kappa shape index (κ1) is 19.8. The summed E-state index contributed by atoms with van der Waals surface area (Å²) in [5.41, 5.74) is -2.39. The van der Waals surface area contributed by atoms with Gasteiger partial charge in [0.2, 0.25) is 0 Å². The zero-order valence-electron chi connectivity index (χ0n) is 14.0. The molecular weight excluding hydrogens is 336 g/mol. The van der Waals surface area contributed by atoms with Crippen molar-refractivity contribution in [2.75, 3.05) is 19.8 Å². The first-order valence-corrected chi connectivity index (χ1v) is 8.30. The maximum atomic E-state index is 12.6. The summed E-state index contributed by atoms with van der Waals surface area (Å²) in [5.74, 6) is -3.51. The van der Waals surface area contributed by atoms with Gasteiger partial charge >= 0.3 is 17.9 Å². The highest BCUT2D eigenvalue weighted by Gasteiger charge is 2.60. The third-order valence-corrected chi connectivity index (χ3v) is 4.37. The number of Topliss-reactive ketones (excluding diaryl/α,β-unsaturated/α-hetero) is 1. The Hall–Kier alpha value is -2.22. The number of hydrogen-bond donors (Lipinski definition) is 0. The Labute approximate surface area is 143 Å². The molecule has 0 radical (unpaired) electrons. The van der Waals surface area contributed by atoms with Crippen LogP contribution >= 0.6 is 11.3 Å². The molecule has 0 atom stereocenters. The molecule has 0 saturated heterocycles. The van der Waals surface area contributed by atoms with Gasteiger partial charge in [-0.2, -0.15) is 0 Å². The number of esters is 3. The molecule has 1 rings (SSSR count). The smallest absolute Gasteiger partial charge is 0.340 e. The molecule has 0 aliphatic heterocycles. The van der Waals surface area contributed by atoms with Gasteiger partial charge in [0.1, 0.15) is 0 Å². The van der Waals surface area contributed by atoms with E-state index in [9.17, 15) is 19.2 Å². The summed E-state index contributed by atoms with van der Waals surface area (Å²) in [7, 11) is 0. The minimum Gasteiger partial charge on any atom is -0.464 e. The topological polar surface area (TPSA) is 96.0 Å². The molecule has 0 saturated carbocycles. The monoisotopic (exact) mass is 356 g/mol. The molecule has 0 unspecified atom stereocenters. The van der Waals surface area contributed by atoms with Crippen molar-refractivity contribution in [1.29, 1.82) is 0 Å². The van der Waals surface area contributed by atoms with Gasteiger partial charge in [-0.1, -0.05) is 0 Å². The van der Waals surface area contributed by atoms with Gasteiger partial charge in [0.25, 0.3) is 5.41 Å². The number of carbonyl (C=O) groups is 4. The lowest BCUT2D eigenvalue weighted by Crippen LogP contribution is -2.53. The fourth-order valence-electron chi connectivity index (χ4n) is 2.00. The van der Waals surface area contributed by atoms with E-state index in [-0.39, 0.29) is 30.5 Å². The van der Waals surface area contributed by atoms with Crippen LogP contribution in [0.5, 0.6) is 0 Å². The van der Waals surface area contributed by atoms with Crippen LogP contribution in [0.1, 0.15) is 42.2 Å². The molecule has 8 heteroatoms. The Morgan fingerprint density at radius 3 is 1.58 bits per heavy atom.